The highest BCUT2D eigenvalue weighted by Crippen LogP contribution is 2.35. The van der Waals surface area contributed by atoms with Crippen molar-refractivity contribution in [3.63, 3.8) is 0 Å². The van der Waals surface area contributed by atoms with E-state index in [4.69, 9.17) is 0 Å². The third-order valence-corrected chi connectivity index (χ3v) is 20.6. The van der Waals surface area contributed by atoms with Gasteiger partial charge in [-0.05, 0) is 183 Å². The zero-order chi connectivity index (χ0) is 65.4. The molecule has 12 nitrogen and oxygen atoms in total. The quantitative estimate of drug-likeness (QED) is 0.0177. The lowest BCUT2D eigenvalue weighted by Crippen LogP contribution is -2.15. The predicted molar refractivity (Wildman–Crippen MR) is 399 cm³/mol. The number of pyridine rings is 6. The molecule has 6 aromatic heterocycles. The molecule has 8 aromatic carbocycles. The normalized spacial score (nSPS) is 12.3. The molecule has 0 saturated carbocycles. The van der Waals surface area contributed by atoms with Crippen molar-refractivity contribution in [2.45, 2.75) is 188 Å². The van der Waals surface area contributed by atoms with Gasteiger partial charge in [-0.15, -0.1) is 0 Å². The van der Waals surface area contributed by atoms with Crippen molar-refractivity contribution in [3.8, 4) is 0 Å². The van der Waals surface area contributed by atoms with Crippen LogP contribution < -0.4 is 32.6 Å². The Hall–Kier alpha value is -9.42. The van der Waals surface area contributed by atoms with E-state index in [-0.39, 0.29) is 43.3 Å². The molecule has 0 radical (unpaired) electrons. The fourth-order valence-electron chi connectivity index (χ4n) is 15.3. The highest BCUT2D eigenvalue weighted by atomic mass is 16.1. The van der Waals surface area contributed by atoms with E-state index in [1.807, 2.05) is 84.9 Å². The van der Waals surface area contributed by atoms with Crippen LogP contribution in [0.3, 0.4) is 0 Å². The zero-order valence-electron chi connectivity index (χ0n) is 55.5. The summed E-state index contributed by atoms with van der Waals surface area (Å²) in [5.41, 5.74) is 11.1. The van der Waals surface area contributed by atoms with Crippen LogP contribution in [0.4, 0.5) is 0 Å². The number of aromatic nitrogens is 6. The van der Waals surface area contributed by atoms with Crippen LogP contribution in [0.25, 0.3) is 131 Å². The number of hydrogen-bond donors (Lipinski definition) is 6. The van der Waals surface area contributed by atoms with Crippen molar-refractivity contribution in [3.05, 3.63) is 204 Å². The minimum absolute atomic E-state index is 0.223. The first kappa shape index (κ1) is 63.0. The predicted octanol–water partition coefficient (Wildman–Crippen LogP) is 19.1. The Labute approximate surface area is 550 Å². The Kier molecular flexibility index (Phi) is 18.0. The van der Waals surface area contributed by atoms with Crippen LogP contribution in [0.15, 0.2) is 138 Å². The number of aryl methyl sites for hydroxylation is 6. The van der Waals surface area contributed by atoms with E-state index in [1.54, 1.807) is 0 Å². The lowest BCUT2D eigenvalue weighted by Gasteiger charge is -2.14. The fraction of sp³-hybridized carbons (Fsp3) is 0.349. The molecular formula is C83H86N6O6. The maximum atomic E-state index is 15.3. The average molecular weight is 1260 g/mol. The van der Waals surface area contributed by atoms with Crippen molar-refractivity contribution in [1.29, 1.82) is 0 Å². The highest BCUT2D eigenvalue weighted by Gasteiger charge is 2.25. The van der Waals surface area contributed by atoms with Gasteiger partial charge < -0.3 is 29.9 Å². The van der Waals surface area contributed by atoms with Crippen molar-refractivity contribution in [1.82, 2.24) is 29.9 Å². The van der Waals surface area contributed by atoms with E-state index in [2.05, 4.69) is 81.9 Å². The van der Waals surface area contributed by atoms with Gasteiger partial charge in [0.05, 0.1) is 65.4 Å². The molecule has 6 N–H and O–H groups in total. The third kappa shape index (κ3) is 11.9. The number of fused-ring (bicyclic) bond motifs is 18. The standard InChI is InChI=1S/C83H86N6O6/c1-5-9-13-18-24-48-30-36-60-54(42-48)80(92)68-72(84-60)66-74(86-62-38-32-50(26-20-15-11-7-3)44-56(62)78(66)90)70-76(68)88-64-40-34-52(46-58(64)82(70)94)28-22-17-23-29-53-35-41-65-59(47-53)83(95)71-75-67(79(91)57-45-51(27-21-16-12-8-4)33-39-63(57)87-75)73-69(77(71)89-65)81(93)55-43-49(25-19-14-10-6-2)31-37-61(55)85-73/h30-47H,5-29H2,1-4H3,(H,84,92)(H,85,93)(H,86,90)(H,87,91)(H,88,94)(H,89,95). The van der Waals surface area contributed by atoms with Crippen LogP contribution in [-0.4, -0.2) is 29.9 Å². The van der Waals surface area contributed by atoms with E-state index in [0.717, 1.165) is 181 Å². The van der Waals surface area contributed by atoms with Gasteiger partial charge in [0.25, 0.3) is 0 Å². The fourth-order valence-corrected chi connectivity index (χ4v) is 15.3. The van der Waals surface area contributed by atoms with Gasteiger partial charge in [0.1, 0.15) is 0 Å². The van der Waals surface area contributed by atoms with Gasteiger partial charge in [0, 0.05) is 65.4 Å². The maximum absolute atomic E-state index is 15.3. The van der Waals surface area contributed by atoms with Crippen molar-refractivity contribution < 1.29 is 0 Å². The summed E-state index contributed by atoms with van der Waals surface area (Å²) in [5.74, 6) is 0. The molecule has 484 valence electrons. The summed E-state index contributed by atoms with van der Waals surface area (Å²) in [6, 6.07) is 35.9. The number of rotatable bonds is 26. The average Bonchev–Trinajstić information content (AvgIpc) is 0.710. The second-order valence-electron chi connectivity index (χ2n) is 27.3. The molecule has 0 amide bonds. The van der Waals surface area contributed by atoms with Gasteiger partial charge in [0.2, 0.25) is 0 Å². The second-order valence-corrected chi connectivity index (χ2v) is 27.3. The minimum Gasteiger partial charge on any atom is -0.354 e. The lowest BCUT2D eigenvalue weighted by molar-refractivity contribution is 0.667. The second kappa shape index (κ2) is 27.1. The first-order chi connectivity index (χ1) is 46.4. The molecule has 95 heavy (non-hydrogen) atoms. The largest absolute Gasteiger partial charge is 0.354 e. The van der Waals surface area contributed by atoms with Crippen molar-refractivity contribution in [2.75, 3.05) is 0 Å². The van der Waals surface area contributed by atoms with Gasteiger partial charge in [-0.3, -0.25) is 28.8 Å². The number of aromatic amines is 6. The molecular weight excluding hydrogens is 1180 g/mol. The molecule has 6 heterocycles. The minimum atomic E-state index is -0.251. The zero-order valence-corrected chi connectivity index (χ0v) is 55.5. The summed E-state index contributed by atoms with van der Waals surface area (Å²) in [6.07, 6.45) is 25.2. The SMILES string of the molecule is CCCCCCc1ccc2[nH]c3c(c(=O)c2c1)c1[nH]c2ccc(CCCCCc4ccc5[nH]c6c7c(=O)c8cc(CCCCCC)ccc8[nH]c7c7c(=O)c8cc(CCCCCC)ccc8[nH]c7c6c(=O)c5c4)cc2c(=O)c1c1[nH]c2ccc(CCCCCC)cc2c(=O)c31. The van der Waals surface area contributed by atoms with Crippen LogP contribution in [0.1, 0.15) is 183 Å². The monoisotopic (exact) mass is 1260 g/mol. The Morgan fingerprint density at radius 2 is 0.368 bits per heavy atom. The summed E-state index contributed by atoms with van der Waals surface area (Å²) < 4.78 is 0. The van der Waals surface area contributed by atoms with E-state index in [9.17, 15) is 0 Å². The third-order valence-electron chi connectivity index (χ3n) is 20.6. The first-order valence-electron chi connectivity index (χ1n) is 35.6. The maximum Gasteiger partial charge on any atom is 0.199 e. The van der Waals surface area contributed by atoms with Gasteiger partial charge in [-0.2, -0.15) is 0 Å². The highest BCUT2D eigenvalue weighted by molar-refractivity contribution is 6.27. The van der Waals surface area contributed by atoms with E-state index in [0.29, 0.717) is 133 Å². The van der Waals surface area contributed by atoms with Gasteiger partial charge in [-0.25, -0.2) is 0 Å². The lowest BCUT2D eigenvalue weighted by atomic mass is 9.96. The van der Waals surface area contributed by atoms with E-state index >= 15 is 28.8 Å². The van der Waals surface area contributed by atoms with Gasteiger partial charge in [0.15, 0.2) is 32.6 Å². The first-order valence-corrected chi connectivity index (χ1v) is 35.6. The Morgan fingerprint density at radius 1 is 0.211 bits per heavy atom. The van der Waals surface area contributed by atoms with Crippen LogP contribution in [0, 0.1) is 0 Å². The summed E-state index contributed by atoms with van der Waals surface area (Å²) in [4.78, 5) is 113. The van der Waals surface area contributed by atoms with Gasteiger partial charge >= 0.3 is 0 Å². The van der Waals surface area contributed by atoms with Crippen LogP contribution in [0.5, 0.6) is 0 Å². The smallest absolute Gasteiger partial charge is 0.199 e. The molecule has 12 heteroatoms. The molecule has 0 unspecified atom stereocenters. The summed E-state index contributed by atoms with van der Waals surface area (Å²) in [5, 5.41) is 4.88. The Balaban J connectivity index is 0.787. The van der Waals surface area contributed by atoms with Crippen LogP contribution in [-0.2, 0) is 38.5 Å². The number of benzene rings is 8. The number of unbranched alkanes of at least 4 members (excludes halogenated alkanes) is 14. The molecule has 0 bridgehead atoms. The van der Waals surface area contributed by atoms with Crippen LogP contribution in [0.2, 0.25) is 0 Å². The van der Waals surface area contributed by atoms with Crippen molar-refractivity contribution >= 4 is 131 Å². The Bertz CT molecular complexity index is 5270. The topological polar surface area (TPSA) is 197 Å². The molecule has 0 aliphatic carbocycles. The van der Waals surface area contributed by atoms with Crippen molar-refractivity contribution in [2.24, 2.45) is 0 Å². The van der Waals surface area contributed by atoms with Crippen LogP contribution >= 0.6 is 0 Å². The number of H-pyrrole nitrogens is 6. The molecule has 0 atom stereocenters. The summed E-state index contributed by atoms with van der Waals surface area (Å²) in [6.45, 7) is 8.79. The summed E-state index contributed by atoms with van der Waals surface area (Å²) in [7, 11) is 0. The molecule has 0 aliphatic heterocycles. The molecule has 0 aliphatic rings. The molecule has 0 saturated heterocycles. The Morgan fingerprint density at radius 3 is 0.526 bits per heavy atom. The van der Waals surface area contributed by atoms with E-state index < -0.39 is 0 Å². The van der Waals surface area contributed by atoms with Gasteiger partial charge in [-0.1, -0.05) is 148 Å². The summed E-state index contributed by atoms with van der Waals surface area (Å²) >= 11 is 0. The molecule has 0 fully saturated rings. The molecule has 14 aromatic rings. The molecule has 0 spiro atoms. The number of nitrogens with one attached hydrogen (secondary N) is 6. The molecule has 14 rings (SSSR count). The van der Waals surface area contributed by atoms with E-state index in [1.165, 1.54) is 0 Å². The number of hydrogen-bond acceptors (Lipinski definition) is 6.